The molecule has 0 bridgehead atoms. The lowest BCUT2D eigenvalue weighted by atomic mass is 10.1. The first kappa shape index (κ1) is 38.7. The summed E-state index contributed by atoms with van der Waals surface area (Å²) in [5, 5.41) is 28.2. The number of hydrogen-bond acceptors (Lipinski definition) is 6. The standard InChI is InChI=1S/C30H62NO7P/c1-5-6-7-8-9-10-11-12-13-14-15-16-17-18-19-20-21-22-25-37-26-29(32)27-38-39(35,36)28(2)31(3,4)24-23-30(33)34/h11-12,28-30,32-34H,5-10,13-27H2,1-4H3/p+1/b12-11-/t28?,29-/m1/s1. The van der Waals surface area contributed by atoms with E-state index in [2.05, 4.69) is 19.1 Å². The minimum absolute atomic E-state index is 0.0669. The number of aliphatic hydroxyl groups is 3. The van der Waals surface area contributed by atoms with Gasteiger partial charge in [-0.3, -0.25) is 4.57 Å². The molecule has 0 aromatic carbocycles. The lowest BCUT2D eigenvalue weighted by Crippen LogP contribution is -2.48. The zero-order valence-corrected chi connectivity index (χ0v) is 26.5. The van der Waals surface area contributed by atoms with Crippen molar-refractivity contribution in [2.75, 3.05) is 40.5 Å². The molecular formula is C30H63NO7P+. The van der Waals surface area contributed by atoms with Gasteiger partial charge in [-0.25, -0.2) is 0 Å². The van der Waals surface area contributed by atoms with Gasteiger partial charge in [0.1, 0.15) is 6.10 Å². The first-order valence-corrected chi connectivity index (χ1v) is 17.2. The van der Waals surface area contributed by atoms with Crippen molar-refractivity contribution in [1.82, 2.24) is 0 Å². The second-order valence-corrected chi connectivity index (χ2v) is 13.8. The van der Waals surface area contributed by atoms with Crippen LogP contribution in [-0.2, 0) is 13.8 Å². The summed E-state index contributed by atoms with van der Waals surface area (Å²) in [7, 11) is -0.545. The van der Waals surface area contributed by atoms with E-state index in [1.165, 1.54) is 89.9 Å². The molecule has 0 heterocycles. The summed E-state index contributed by atoms with van der Waals surface area (Å²) >= 11 is 0. The molecule has 9 heteroatoms. The van der Waals surface area contributed by atoms with Crippen molar-refractivity contribution in [2.24, 2.45) is 0 Å². The van der Waals surface area contributed by atoms with Crippen LogP contribution >= 0.6 is 7.60 Å². The van der Waals surface area contributed by atoms with Crippen LogP contribution in [0.5, 0.6) is 0 Å². The number of quaternary nitrogens is 1. The van der Waals surface area contributed by atoms with E-state index in [4.69, 9.17) is 19.5 Å². The average molecular weight is 581 g/mol. The van der Waals surface area contributed by atoms with Crippen LogP contribution in [0.4, 0.5) is 0 Å². The Morgan fingerprint density at radius 2 is 1.26 bits per heavy atom. The number of unbranched alkanes of at least 4 members (excludes halogenated alkanes) is 14. The number of nitrogens with zero attached hydrogens (tertiary/aromatic N) is 1. The molecule has 8 nitrogen and oxygen atoms in total. The van der Waals surface area contributed by atoms with Crippen molar-refractivity contribution < 1.29 is 38.5 Å². The molecule has 0 fully saturated rings. The molecular weight excluding hydrogens is 517 g/mol. The van der Waals surface area contributed by atoms with Crippen molar-refractivity contribution >= 4 is 7.60 Å². The largest absolute Gasteiger partial charge is 0.388 e. The van der Waals surface area contributed by atoms with Gasteiger partial charge in [-0.15, -0.1) is 0 Å². The summed E-state index contributed by atoms with van der Waals surface area (Å²) in [5.74, 6) is -0.777. The summed E-state index contributed by atoms with van der Waals surface area (Å²) < 4.78 is 23.4. The second-order valence-electron chi connectivity index (χ2n) is 11.6. The van der Waals surface area contributed by atoms with Gasteiger partial charge in [0.15, 0.2) is 12.1 Å². The van der Waals surface area contributed by atoms with Crippen LogP contribution in [0.25, 0.3) is 0 Å². The number of hydrogen-bond donors (Lipinski definition) is 4. The van der Waals surface area contributed by atoms with E-state index in [0.717, 1.165) is 12.8 Å². The van der Waals surface area contributed by atoms with Gasteiger partial charge < -0.3 is 34.0 Å². The van der Waals surface area contributed by atoms with Gasteiger partial charge in [-0.05, 0) is 39.0 Å². The highest BCUT2D eigenvalue weighted by Gasteiger charge is 2.41. The van der Waals surface area contributed by atoms with E-state index < -0.39 is 25.8 Å². The van der Waals surface area contributed by atoms with Crippen LogP contribution in [0.1, 0.15) is 123 Å². The Kier molecular flexibility index (Phi) is 24.1. The SMILES string of the molecule is CCCCCCC/C=C\CCCCCCCCCCCOC[C@@H](O)COP(=O)(O)C(C)[N+](C)(C)CCC(O)O. The Bertz CT molecular complexity index is 630. The molecule has 4 N–H and O–H groups in total. The normalized spacial score (nSPS) is 15.7. The molecule has 0 saturated carbocycles. The molecule has 0 amide bonds. The maximum Gasteiger partial charge on any atom is 0.384 e. The number of ether oxygens (including phenoxy) is 1. The molecule has 3 atom stereocenters. The van der Waals surface area contributed by atoms with Crippen LogP contribution in [0.15, 0.2) is 12.2 Å². The molecule has 0 radical (unpaired) electrons. The predicted octanol–water partition coefficient (Wildman–Crippen LogP) is 6.51. The van der Waals surface area contributed by atoms with Crippen molar-refractivity contribution in [1.29, 1.82) is 0 Å². The molecule has 0 saturated heterocycles. The first-order chi connectivity index (χ1) is 18.5. The third-order valence-corrected chi connectivity index (χ3v) is 9.60. The molecule has 0 aromatic heterocycles. The van der Waals surface area contributed by atoms with Crippen molar-refractivity contribution in [3.05, 3.63) is 12.2 Å². The van der Waals surface area contributed by atoms with Crippen LogP contribution < -0.4 is 0 Å². The lowest BCUT2D eigenvalue weighted by molar-refractivity contribution is -0.901. The van der Waals surface area contributed by atoms with E-state index in [1.807, 2.05) is 0 Å². The lowest BCUT2D eigenvalue weighted by Gasteiger charge is -2.37. The van der Waals surface area contributed by atoms with Crippen molar-refractivity contribution in [2.45, 2.75) is 141 Å². The topological polar surface area (TPSA) is 116 Å². The van der Waals surface area contributed by atoms with Gasteiger partial charge in [0.05, 0.1) is 33.9 Å². The van der Waals surface area contributed by atoms with Gasteiger partial charge in [0, 0.05) is 13.0 Å². The maximum atomic E-state index is 12.6. The van der Waals surface area contributed by atoms with E-state index in [-0.39, 0.29) is 24.1 Å². The monoisotopic (exact) mass is 580 g/mol. The van der Waals surface area contributed by atoms with E-state index in [0.29, 0.717) is 13.2 Å². The highest BCUT2D eigenvalue weighted by molar-refractivity contribution is 7.53. The highest BCUT2D eigenvalue weighted by Crippen LogP contribution is 2.50. The molecule has 0 aliphatic rings. The zero-order chi connectivity index (χ0) is 29.4. The third-order valence-electron chi connectivity index (χ3n) is 7.51. The van der Waals surface area contributed by atoms with Crippen molar-refractivity contribution in [3.8, 4) is 0 Å². The van der Waals surface area contributed by atoms with Gasteiger partial charge in [0.2, 0.25) is 0 Å². The number of aliphatic hydroxyl groups excluding tert-OH is 2. The Morgan fingerprint density at radius 3 is 1.77 bits per heavy atom. The van der Waals surface area contributed by atoms with Gasteiger partial charge in [-0.1, -0.05) is 89.7 Å². The number of rotatable bonds is 28. The highest BCUT2D eigenvalue weighted by atomic mass is 31.2. The molecule has 39 heavy (non-hydrogen) atoms. The van der Waals surface area contributed by atoms with Crippen LogP contribution in [-0.4, -0.2) is 83.3 Å². The predicted molar refractivity (Wildman–Crippen MR) is 161 cm³/mol. The minimum Gasteiger partial charge on any atom is -0.388 e. The fraction of sp³-hybridized carbons (Fsp3) is 0.933. The average Bonchev–Trinajstić information content (AvgIpc) is 2.89. The fourth-order valence-electron chi connectivity index (χ4n) is 4.40. The Balaban J connectivity index is 3.62. The molecule has 0 aromatic rings. The third kappa shape index (κ3) is 23.0. The molecule has 234 valence electrons. The smallest absolute Gasteiger partial charge is 0.384 e. The van der Waals surface area contributed by atoms with Crippen molar-refractivity contribution in [3.63, 3.8) is 0 Å². The van der Waals surface area contributed by atoms with Crippen LogP contribution in [0.2, 0.25) is 0 Å². The number of allylic oxidation sites excluding steroid dienone is 2. The zero-order valence-electron chi connectivity index (χ0n) is 25.6. The summed E-state index contributed by atoms with van der Waals surface area (Å²) in [5.41, 5.74) is 0. The molecule has 0 aliphatic heterocycles. The second kappa shape index (κ2) is 24.3. The first-order valence-electron chi connectivity index (χ1n) is 15.6. The molecule has 0 rings (SSSR count). The fourth-order valence-corrected chi connectivity index (χ4v) is 5.91. The van der Waals surface area contributed by atoms with E-state index >= 15 is 0 Å². The Labute approximate surface area is 239 Å². The summed E-state index contributed by atoms with van der Waals surface area (Å²) in [6.07, 6.45) is 22.7. The van der Waals surface area contributed by atoms with Gasteiger partial charge in [-0.2, -0.15) is 0 Å². The summed E-state index contributed by atoms with van der Waals surface area (Å²) in [4.78, 5) is 10.3. The quantitative estimate of drug-likeness (QED) is 0.0274. The Morgan fingerprint density at radius 1 is 0.769 bits per heavy atom. The van der Waals surface area contributed by atoms with E-state index in [9.17, 15) is 14.6 Å². The van der Waals surface area contributed by atoms with Crippen LogP contribution in [0, 0.1) is 0 Å². The molecule has 0 aliphatic carbocycles. The van der Waals surface area contributed by atoms with Gasteiger partial charge in [0.25, 0.3) is 0 Å². The molecule has 2 unspecified atom stereocenters. The van der Waals surface area contributed by atoms with Gasteiger partial charge >= 0.3 is 7.60 Å². The minimum atomic E-state index is -4.01. The summed E-state index contributed by atoms with van der Waals surface area (Å²) in [6.45, 7) is 4.49. The van der Waals surface area contributed by atoms with Crippen LogP contribution in [0.3, 0.4) is 0 Å². The Hall–Kier alpha value is -0.310. The van der Waals surface area contributed by atoms with E-state index in [1.54, 1.807) is 21.0 Å². The maximum absolute atomic E-state index is 12.6. The molecule has 0 spiro atoms. The summed E-state index contributed by atoms with van der Waals surface area (Å²) in [6, 6.07) is 0.